The van der Waals surface area contributed by atoms with E-state index in [2.05, 4.69) is 5.32 Å². The van der Waals surface area contributed by atoms with Crippen LogP contribution in [0.5, 0.6) is 0 Å². The van der Waals surface area contributed by atoms with E-state index < -0.39 is 11.5 Å². The summed E-state index contributed by atoms with van der Waals surface area (Å²) >= 11 is 5.85. The van der Waals surface area contributed by atoms with E-state index in [1.807, 2.05) is 0 Å². The van der Waals surface area contributed by atoms with Crippen LogP contribution in [0.4, 0.5) is 4.39 Å². The van der Waals surface area contributed by atoms with Crippen LogP contribution in [0.25, 0.3) is 0 Å². The van der Waals surface area contributed by atoms with Crippen molar-refractivity contribution in [2.75, 3.05) is 6.54 Å². The van der Waals surface area contributed by atoms with E-state index in [-0.39, 0.29) is 18.3 Å². The Labute approximate surface area is 151 Å². The molecule has 0 saturated heterocycles. The second kappa shape index (κ2) is 7.54. The summed E-state index contributed by atoms with van der Waals surface area (Å²) in [5, 5.41) is 13.8. The Morgan fingerprint density at radius 3 is 2.32 bits per heavy atom. The highest BCUT2D eigenvalue weighted by molar-refractivity contribution is 6.30. The van der Waals surface area contributed by atoms with Crippen molar-refractivity contribution >= 4 is 17.5 Å². The highest BCUT2D eigenvalue weighted by atomic mass is 35.5. The van der Waals surface area contributed by atoms with Crippen molar-refractivity contribution in [1.29, 1.82) is 0 Å². The number of hydrogen-bond donors (Lipinski definition) is 2. The molecule has 3 rings (SSSR count). The standard InChI is InChI=1S/C20H21ClFNO2/c21-16-7-3-14(4-8-16)18(24)13-23-19(25)20(11-1-2-12-20)15-5-9-17(22)10-6-15/h3-10,18,24H,1-2,11-13H2,(H,23,25). The van der Waals surface area contributed by atoms with Crippen molar-refractivity contribution in [1.82, 2.24) is 5.32 Å². The van der Waals surface area contributed by atoms with E-state index >= 15 is 0 Å². The van der Waals surface area contributed by atoms with Crippen molar-refractivity contribution in [3.63, 3.8) is 0 Å². The van der Waals surface area contributed by atoms with Gasteiger partial charge in [-0.2, -0.15) is 0 Å². The highest BCUT2D eigenvalue weighted by Crippen LogP contribution is 2.41. The van der Waals surface area contributed by atoms with Crippen LogP contribution >= 0.6 is 11.6 Å². The Morgan fingerprint density at radius 1 is 1.12 bits per heavy atom. The molecule has 1 aliphatic rings. The fraction of sp³-hybridized carbons (Fsp3) is 0.350. The summed E-state index contributed by atoms with van der Waals surface area (Å²) in [6.45, 7) is 0.128. The predicted octanol–water partition coefficient (Wildman–Crippen LogP) is 4.14. The molecular weight excluding hydrogens is 341 g/mol. The van der Waals surface area contributed by atoms with Crippen LogP contribution in [0.15, 0.2) is 48.5 Å². The number of rotatable bonds is 5. The number of benzene rings is 2. The zero-order valence-corrected chi connectivity index (χ0v) is 14.6. The molecule has 3 nitrogen and oxygen atoms in total. The lowest BCUT2D eigenvalue weighted by atomic mass is 9.78. The molecule has 1 atom stereocenters. The number of halogens is 2. The van der Waals surface area contributed by atoms with Gasteiger partial charge in [-0.25, -0.2) is 4.39 Å². The Kier molecular flexibility index (Phi) is 5.40. The maximum atomic E-state index is 13.2. The SMILES string of the molecule is O=C(NCC(O)c1ccc(Cl)cc1)C1(c2ccc(F)cc2)CCCC1. The molecular formula is C20H21ClFNO2. The van der Waals surface area contributed by atoms with E-state index in [4.69, 9.17) is 11.6 Å². The van der Waals surface area contributed by atoms with Gasteiger partial charge in [-0.05, 0) is 48.2 Å². The molecule has 0 heterocycles. The first-order valence-electron chi connectivity index (χ1n) is 8.49. The first kappa shape index (κ1) is 17.9. The Hall–Kier alpha value is -1.91. The minimum atomic E-state index is -0.798. The van der Waals surface area contributed by atoms with Crippen LogP contribution in [0.3, 0.4) is 0 Å². The largest absolute Gasteiger partial charge is 0.387 e. The van der Waals surface area contributed by atoms with Gasteiger partial charge >= 0.3 is 0 Å². The van der Waals surface area contributed by atoms with E-state index in [9.17, 15) is 14.3 Å². The molecule has 25 heavy (non-hydrogen) atoms. The summed E-state index contributed by atoms with van der Waals surface area (Å²) in [6, 6.07) is 13.1. The summed E-state index contributed by atoms with van der Waals surface area (Å²) in [7, 11) is 0. The van der Waals surface area contributed by atoms with Crippen LogP contribution in [0.2, 0.25) is 5.02 Å². The second-order valence-corrected chi connectivity index (χ2v) is 7.01. The molecule has 1 aliphatic carbocycles. The molecule has 132 valence electrons. The summed E-state index contributed by atoms with van der Waals surface area (Å²) in [6.07, 6.45) is 2.60. The van der Waals surface area contributed by atoms with Crippen LogP contribution in [-0.4, -0.2) is 17.6 Å². The van der Waals surface area contributed by atoms with Gasteiger partial charge < -0.3 is 10.4 Å². The fourth-order valence-corrected chi connectivity index (χ4v) is 3.68. The van der Waals surface area contributed by atoms with Crippen LogP contribution in [0.1, 0.15) is 42.9 Å². The summed E-state index contributed by atoms with van der Waals surface area (Å²) < 4.78 is 13.2. The number of carbonyl (C=O) groups is 1. The van der Waals surface area contributed by atoms with Crippen molar-refractivity contribution in [3.05, 3.63) is 70.5 Å². The lowest BCUT2D eigenvalue weighted by Gasteiger charge is -2.29. The quantitative estimate of drug-likeness (QED) is 0.840. The molecule has 2 aromatic carbocycles. The zero-order valence-electron chi connectivity index (χ0n) is 13.8. The molecule has 0 aromatic heterocycles. The molecule has 2 N–H and O–H groups in total. The van der Waals surface area contributed by atoms with E-state index in [0.717, 1.165) is 31.2 Å². The Balaban J connectivity index is 1.71. The molecule has 0 bridgehead atoms. The predicted molar refractivity (Wildman–Crippen MR) is 96.0 cm³/mol. The average molecular weight is 362 g/mol. The molecule has 1 amide bonds. The Bertz CT molecular complexity index is 724. The van der Waals surface area contributed by atoms with Crippen molar-refractivity contribution in [3.8, 4) is 0 Å². The zero-order chi connectivity index (χ0) is 17.9. The van der Waals surface area contributed by atoms with Crippen LogP contribution < -0.4 is 5.32 Å². The second-order valence-electron chi connectivity index (χ2n) is 6.57. The van der Waals surface area contributed by atoms with Gasteiger partial charge in [0.1, 0.15) is 5.82 Å². The van der Waals surface area contributed by atoms with Gasteiger partial charge in [0.25, 0.3) is 0 Å². The van der Waals surface area contributed by atoms with Gasteiger partial charge in [0.05, 0.1) is 11.5 Å². The number of aliphatic hydroxyl groups is 1. The first-order chi connectivity index (χ1) is 12.0. The normalized spacial score (nSPS) is 17.2. The van der Waals surface area contributed by atoms with Gasteiger partial charge in [0.15, 0.2) is 0 Å². The summed E-state index contributed by atoms with van der Waals surface area (Å²) in [4.78, 5) is 12.9. The number of amides is 1. The highest BCUT2D eigenvalue weighted by Gasteiger charge is 2.42. The maximum absolute atomic E-state index is 13.2. The molecule has 0 radical (unpaired) electrons. The number of nitrogens with one attached hydrogen (secondary N) is 1. The average Bonchev–Trinajstić information content (AvgIpc) is 3.11. The minimum Gasteiger partial charge on any atom is -0.387 e. The van der Waals surface area contributed by atoms with Crippen molar-refractivity contribution in [2.24, 2.45) is 0 Å². The lowest BCUT2D eigenvalue weighted by molar-refractivity contribution is -0.127. The molecule has 1 unspecified atom stereocenters. The van der Waals surface area contributed by atoms with Crippen LogP contribution in [-0.2, 0) is 10.2 Å². The first-order valence-corrected chi connectivity index (χ1v) is 8.87. The summed E-state index contributed by atoms with van der Waals surface area (Å²) in [5.41, 5.74) is 0.907. The van der Waals surface area contributed by atoms with Crippen molar-refractivity contribution < 1.29 is 14.3 Å². The van der Waals surface area contributed by atoms with E-state index in [1.165, 1.54) is 12.1 Å². The number of aliphatic hydroxyl groups excluding tert-OH is 1. The smallest absolute Gasteiger partial charge is 0.230 e. The van der Waals surface area contributed by atoms with Gasteiger partial charge in [-0.15, -0.1) is 0 Å². The van der Waals surface area contributed by atoms with Gasteiger partial charge in [-0.1, -0.05) is 48.7 Å². The van der Waals surface area contributed by atoms with Gasteiger partial charge in [0, 0.05) is 11.6 Å². The lowest BCUT2D eigenvalue weighted by Crippen LogP contribution is -2.44. The number of carbonyl (C=O) groups excluding carboxylic acids is 1. The van der Waals surface area contributed by atoms with E-state index in [0.29, 0.717) is 10.6 Å². The molecule has 1 fully saturated rings. The third-order valence-corrected chi connectivity index (χ3v) is 5.25. The summed E-state index contributed by atoms with van der Waals surface area (Å²) in [5.74, 6) is -0.417. The molecule has 1 saturated carbocycles. The number of hydrogen-bond acceptors (Lipinski definition) is 2. The molecule has 5 heteroatoms. The minimum absolute atomic E-state index is 0.107. The molecule has 0 spiro atoms. The van der Waals surface area contributed by atoms with Gasteiger partial charge in [0.2, 0.25) is 5.91 Å². The Morgan fingerprint density at radius 2 is 1.72 bits per heavy atom. The van der Waals surface area contributed by atoms with Gasteiger partial charge in [-0.3, -0.25) is 4.79 Å². The monoisotopic (exact) mass is 361 g/mol. The third kappa shape index (κ3) is 3.86. The topological polar surface area (TPSA) is 49.3 Å². The van der Waals surface area contributed by atoms with Crippen LogP contribution in [0, 0.1) is 5.82 Å². The molecule has 0 aliphatic heterocycles. The maximum Gasteiger partial charge on any atom is 0.230 e. The van der Waals surface area contributed by atoms with Crippen molar-refractivity contribution in [2.45, 2.75) is 37.2 Å². The van der Waals surface area contributed by atoms with E-state index in [1.54, 1.807) is 36.4 Å². The third-order valence-electron chi connectivity index (χ3n) is 5.00. The molecule has 2 aromatic rings. The fourth-order valence-electron chi connectivity index (χ4n) is 3.56.